The Kier molecular flexibility index (Phi) is 1.99. The van der Waals surface area contributed by atoms with E-state index in [9.17, 15) is 0 Å². The van der Waals surface area contributed by atoms with Gasteiger partial charge in [-0.1, -0.05) is 13.3 Å². The van der Waals surface area contributed by atoms with Crippen LogP contribution in [0.4, 0.5) is 5.82 Å². The Balaban J connectivity index is 1.86. The number of ether oxygens (including phenoxy) is 1. The topological polar surface area (TPSA) is 63.9 Å². The van der Waals surface area contributed by atoms with Crippen molar-refractivity contribution in [2.45, 2.75) is 25.7 Å². The van der Waals surface area contributed by atoms with Crippen LogP contribution in [0.2, 0.25) is 0 Å². The smallest absolute Gasteiger partial charge is 0.148 e. The van der Waals surface area contributed by atoms with E-state index in [0.717, 1.165) is 37.9 Å². The minimum atomic E-state index is 0.644. The minimum absolute atomic E-state index is 0.644. The number of nitrogen functional groups attached to an aromatic ring is 1. The summed E-state index contributed by atoms with van der Waals surface area (Å²) in [7, 11) is 0. The number of H-pyrrole nitrogens is 1. The molecule has 2 unspecified atom stereocenters. The van der Waals surface area contributed by atoms with Crippen LogP contribution in [0.15, 0.2) is 0 Å². The average molecular weight is 207 g/mol. The van der Waals surface area contributed by atoms with Crippen LogP contribution in [0.3, 0.4) is 0 Å². The molecule has 3 rings (SSSR count). The van der Waals surface area contributed by atoms with Crippen molar-refractivity contribution >= 4 is 5.82 Å². The van der Waals surface area contributed by atoms with Gasteiger partial charge in [0.2, 0.25) is 0 Å². The summed E-state index contributed by atoms with van der Waals surface area (Å²) in [5.74, 6) is 2.78. The molecular formula is C11H17N3O. The molecule has 0 amide bonds. The van der Waals surface area contributed by atoms with Crippen molar-refractivity contribution in [2.75, 3.05) is 18.9 Å². The summed E-state index contributed by atoms with van der Waals surface area (Å²) in [6.07, 6.45) is 2.16. The lowest BCUT2D eigenvalue weighted by Gasteiger charge is -2.05. The van der Waals surface area contributed by atoms with Gasteiger partial charge in [-0.25, -0.2) is 0 Å². The van der Waals surface area contributed by atoms with Crippen molar-refractivity contribution in [1.29, 1.82) is 0 Å². The highest BCUT2D eigenvalue weighted by Crippen LogP contribution is 2.57. The number of rotatable bonds is 3. The molecule has 1 saturated heterocycles. The van der Waals surface area contributed by atoms with Crippen LogP contribution >= 0.6 is 0 Å². The number of hydrogen-bond donors (Lipinski definition) is 2. The first-order valence-electron chi connectivity index (χ1n) is 5.73. The quantitative estimate of drug-likeness (QED) is 0.785. The first kappa shape index (κ1) is 9.21. The van der Waals surface area contributed by atoms with Gasteiger partial charge in [-0.2, -0.15) is 5.10 Å². The molecule has 0 bridgehead atoms. The van der Waals surface area contributed by atoms with E-state index in [2.05, 4.69) is 17.1 Å². The van der Waals surface area contributed by atoms with Gasteiger partial charge in [0, 0.05) is 17.2 Å². The summed E-state index contributed by atoms with van der Waals surface area (Å²) in [6, 6.07) is 0. The Bertz CT molecular complexity index is 364. The van der Waals surface area contributed by atoms with Crippen LogP contribution in [0, 0.1) is 11.8 Å². The minimum Gasteiger partial charge on any atom is -0.382 e. The zero-order valence-electron chi connectivity index (χ0n) is 8.99. The van der Waals surface area contributed by atoms with Crippen molar-refractivity contribution in [3.8, 4) is 0 Å². The number of nitrogens with one attached hydrogen (secondary N) is 1. The molecule has 2 fully saturated rings. The van der Waals surface area contributed by atoms with Gasteiger partial charge in [0.1, 0.15) is 5.82 Å². The first-order chi connectivity index (χ1) is 7.33. The summed E-state index contributed by atoms with van der Waals surface area (Å²) in [6.45, 7) is 4.01. The maximum Gasteiger partial charge on any atom is 0.148 e. The lowest BCUT2D eigenvalue weighted by atomic mass is 10.1. The zero-order chi connectivity index (χ0) is 10.4. The lowest BCUT2D eigenvalue weighted by Crippen LogP contribution is -2.01. The van der Waals surface area contributed by atoms with E-state index < -0.39 is 0 Å². The monoisotopic (exact) mass is 207 g/mol. The average Bonchev–Trinajstić information content (AvgIpc) is 2.64. The van der Waals surface area contributed by atoms with Crippen LogP contribution in [0.25, 0.3) is 0 Å². The maximum absolute atomic E-state index is 5.87. The van der Waals surface area contributed by atoms with Gasteiger partial charge >= 0.3 is 0 Å². The molecule has 3 N–H and O–H groups in total. The van der Waals surface area contributed by atoms with Crippen LogP contribution in [-0.4, -0.2) is 23.4 Å². The molecule has 0 aromatic carbocycles. The number of nitrogens with zero attached hydrogens (tertiary/aromatic N) is 1. The van der Waals surface area contributed by atoms with E-state index in [0.29, 0.717) is 11.7 Å². The molecule has 4 nitrogen and oxygen atoms in total. The van der Waals surface area contributed by atoms with Gasteiger partial charge in [0.05, 0.1) is 13.2 Å². The first-order valence-corrected chi connectivity index (χ1v) is 5.73. The molecule has 1 saturated carbocycles. The van der Waals surface area contributed by atoms with Crippen molar-refractivity contribution in [3.05, 3.63) is 11.3 Å². The summed E-state index contributed by atoms with van der Waals surface area (Å²) >= 11 is 0. The molecule has 0 spiro atoms. The fourth-order valence-corrected chi connectivity index (χ4v) is 2.85. The van der Waals surface area contributed by atoms with Crippen LogP contribution < -0.4 is 5.73 Å². The van der Waals surface area contributed by atoms with Gasteiger partial charge in [-0.15, -0.1) is 0 Å². The molecule has 1 aromatic heterocycles. The van der Waals surface area contributed by atoms with E-state index >= 15 is 0 Å². The Hall–Kier alpha value is -1.03. The van der Waals surface area contributed by atoms with Crippen LogP contribution in [0.1, 0.15) is 30.5 Å². The molecule has 2 aliphatic rings. The van der Waals surface area contributed by atoms with Crippen LogP contribution in [0.5, 0.6) is 0 Å². The molecule has 4 heteroatoms. The number of fused-ring (bicyclic) bond motifs is 1. The van der Waals surface area contributed by atoms with Gasteiger partial charge in [0.25, 0.3) is 0 Å². The predicted molar refractivity (Wildman–Crippen MR) is 57.5 cm³/mol. The van der Waals surface area contributed by atoms with Crippen molar-refractivity contribution in [2.24, 2.45) is 11.8 Å². The summed E-state index contributed by atoms with van der Waals surface area (Å²) in [5.41, 5.74) is 8.40. The van der Waals surface area contributed by atoms with Gasteiger partial charge in [0.15, 0.2) is 0 Å². The fourth-order valence-electron chi connectivity index (χ4n) is 2.85. The number of aromatic amines is 1. The molecule has 15 heavy (non-hydrogen) atoms. The number of nitrogens with two attached hydrogens (primary N) is 1. The standard InChI is InChI=1S/C11H17N3O/c1-2-3-6-10(13-14-11(6)12)9-7-4-15-5-8(7)9/h7-9H,2-5H2,1H3,(H3,12,13,14). The molecule has 2 atom stereocenters. The Labute approximate surface area is 89.2 Å². The second kappa shape index (κ2) is 3.23. The Morgan fingerprint density at radius 1 is 1.47 bits per heavy atom. The summed E-state index contributed by atoms with van der Waals surface area (Å²) in [4.78, 5) is 0. The van der Waals surface area contributed by atoms with E-state index in [1.807, 2.05) is 0 Å². The second-order valence-electron chi connectivity index (χ2n) is 4.64. The molecular weight excluding hydrogens is 190 g/mol. The third-order valence-corrected chi connectivity index (χ3v) is 3.72. The number of aromatic nitrogens is 2. The normalized spacial score (nSPS) is 33.0. The second-order valence-corrected chi connectivity index (χ2v) is 4.64. The third kappa shape index (κ3) is 1.28. The van der Waals surface area contributed by atoms with Crippen LogP contribution in [-0.2, 0) is 11.2 Å². The fraction of sp³-hybridized carbons (Fsp3) is 0.727. The highest BCUT2D eigenvalue weighted by molar-refractivity contribution is 5.46. The molecule has 1 aliphatic carbocycles. The number of anilines is 1. The van der Waals surface area contributed by atoms with Crippen molar-refractivity contribution in [3.63, 3.8) is 0 Å². The van der Waals surface area contributed by atoms with E-state index in [-0.39, 0.29) is 0 Å². The predicted octanol–water partition coefficient (Wildman–Crippen LogP) is 1.30. The van der Waals surface area contributed by atoms with Gasteiger partial charge in [-0.05, 0) is 18.3 Å². The highest BCUT2D eigenvalue weighted by Gasteiger charge is 2.56. The Morgan fingerprint density at radius 2 is 2.20 bits per heavy atom. The van der Waals surface area contributed by atoms with E-state index in [1.165, 1.54) is 11.3 Å². The molecule has 1 aromatic rings. The van der Waals surface area contributed by atoms with Gasteiger partial charge in [-0.3, -0.25) is 5.10 Å². The maximum atomic E-state index is 5.87. The van der Waals surface area contributed by atoms with E-state index in [4.69, 9.17) is 10.5 Å². The lowest BCUT2D eigenvalue weighted by molar-refractivity contribution is 0.159. The molecule has 82 valence electrons. The van der Waals surface area contributed by atoms with Crippen molar-refractivity contribution < 1.29 is 4.74 Å². The SMILES string of the molecule is CCCc1c(N)n[nH]c1C1C2COCC21. The molecule has 2 heterocycles. The highest BCUT2D eigenvalue weighted by atomic mass is 16.5. The summed E-state index contributed by atoms with van der Waals surface area (Å²) in [5, 5.41) is 7.25. The van der Waals surface area contributed by atoms with Crippen molar-refractivity contribution in [1.82, 2.24) is 10.2 Å². The Morgan fingerprint density at radius 3 is 2.87 bits per heavy atom. The van der Waals surface area contributed by atoms with E-state index in [1.54, 1.807) is 0 Å². The molecule has 1 aliphatic heterocycles. The van der Waals surface area contributed by atoms with Gasteiger partial charge < -0.3 is 10.5 Å². The molecule has 0 radical (unpaired) electrons. The summed E-state index contributed by atoms with van der Waals surface area (Å²) < 4.78 is 5.40. The number of hydrogen-bond acceptors (Lipinski definition) is 3. The third-order valence-electron chi connectivity index (χ3n) is 3.72. The largest absolute Gasteiger partial charge is 0.382 e. The zero-order valence-corrected chi connectivity index (χ0v) is 8.99.